The highest BCUT2D eigenvalue weighted by molar-refractivity contribution is 5.95. The standard InChI is InChI=1S/C20H22N2O4/c1-12(2)26-17-8-6-14(10-18(17)25-4)11-22-16-7-5-13(3)9-15(16)19(21-24)20(22)23/h5-10,12,23H,11H2,1-4H3. The molecule has 0 fully saturated rings. The molecule has 0 bridgehead atoms. The lowest BCUT2D eigenvalue weighted by Gasteiger charge is -2.15. The molecule has 0 saturated heterocycles. The molecule has 0 aliphatic heterocycles. The fourth-order valence-electron chi connectivity index (χ4n) is 3.03. The normalized spacial score (nSPS) is 11.1. The van der Waals surface area contributed by atoms with Gasteiger partial charge in [-0.05, 0) is 55.8 Å². The molecule has 0 saturated carbocycles. The lowest BCUT2D eigenvalue weighted by Crippen LogP contribution is -2.07. The Bertz CT molecular complexity index is 960. The molecule has 3 aromatic rings. The summed E-state index contributed by atoms with van der Waals surface area (Å²) in [5.74, 6) is 1.15. The minimum Gasteiger partial charge on any atom is -0.493 e. The van der Waals surface area contributed by atoms with E-state index in [9.17, 15) is 10.0 Å². The van der Waals surface area contributed by atoms with Crippen molar-refractivity contribution >= 4 is 16.6 Å². The minimum atomic E-state index is -0.137. The predicted molar refractivity (Wildman–Crippen MR) is 102 cm³/mol. The summed E-state index contributed by atoms with van der Waals surface area (Å²) >= 11 is 0. The molecule has 0 aliphatic carbocycles. The molecule has 1 N–H and O–H groups in total. The lowest BCUT2D eigenvalue weighted by atomic mass is 10.1. The Morgan fingerprint density at radius 3 is 2.58 bits per heavy atom. The molecule has 0 aliphatic rings. The van der Waals surface area contributed by atoms with Crippen molar-refractivity contribution in [1.82, 2.24) is 4.57 Å². The Kier molecular flexibility index (Phi) is 4.84. The van der Waals surface area contributed by atoms with Crippen molar-refractivity contribution in [2.75, 3.05) is 7.11 Å². The van der Waals surface area contributed by atoms with E-state index in [-0.39, 0.29) is 17.7 Å². The second kappa shape index (κ2) is 7.07. The number of fused-ring (bicyclic) bond motifs is 1. The Hall–Kier alpha value is -3.02. The van der Waals surface area contributed by atoms with Crippen LogP contribution in [0, 0.1) is 11.8 Å². The first kappa shape index (κ1) is 17.8. The first-order valence-corrected chi connectivity index (χ1v) is 8.43. The van der Waals surface area contributed by atoms with E-state index in [1.54, 1.807) is 11.7 Å². The van der Waals surface area contributed by atoms with E-state index in [4.69, 9.17) is 9.47 Å². The molecule has 2 aromatic carbocycles. The highest BCUT2D eigenvalue weighted by Crippen LogP contribution is 2.39. The molecule has 6 heteroatoms. The number of methoxy groups -OCH3 is 1. The van der Waals surface area contributed by atoms with Crippen molar-refractivity contribution in [3.63, 3.8) is 0 Å². The third kappa shape index (κ3) is 3.22. The maximum Gasteiger partial charge on any atom is 0.222 e. The van der Waals surface area contributed by atoms with Gasteiger partial charge < -0.3 is 19.1 Å². The van der Waals surface area contributed by atoms with Crippen molar-refractivity contribution in [2.24, 2.45) is 5.18 Å². The van der Waals surface area contributed by atoms with Crippen LogP contribution in [0.15, 0.2) is 41.6 Å². The summed E-state index contributed by atoms with van der Waals surface area (Å²) in [5, 5.41) is 14.1. The molecule has 0 unspecified atom stereocenters. The molecule has 0 spiro atoms. The van der Waals surface area contributed by atoms with Crippen molar-refractivity contribution in [3.8, 4) is 17.4 Å². The first-order chi connectivity index (χ1) is 12.4. The smallest absolute Gasteiger partial charge is 0.222 e. The van der Waals surface area contributed by atoms with Gasteiger partial charge in [0.25, 0.3) is 0 Å². The van der Waals surface area contributed by atoms with Crippen molar-refractivity contribution < 1.29 is 14.6 Å². The zero-order valence-corrected chi connectivity index (χ0v) is 15.3. The largest absolute Gasteiger partial charge is 0.493 e. The molecule has 0 atom stereocenters. The van der Waals surface area contributed by atoms with E-state index in [0.717, 1.165) is 16.6 Å². The number of nitrogens with zero attached hydrogens (tertiary/aromatic N) is 2. The zero-order valence-electron chi connectivity index (χ0n) is 15.3. The Morgan fingerprint density at radius 2 is 1.92 bits per heavy atom. The second-order valence-corrected chi connectivity index (χ2v) is 6.52. The number of aromatic hydroxyl groups is 1. The summed E-state index contributed by atoms with van der Waals surface area (Å²) in [6, 6.07) is 11.3. The average molecular weight is 354 g/mol. The van der Waals surface area contributed by atoms with E-state index in [2.05, 4.69) is 5.18 Å². The summed E-state index contributed by atoms with van der Waals surface area (Å²) in [7, 11) is 1.59. The van der Waals surface area contributed by atoms with Crippen molar-refractivity contribution in [2.45, 2.75) is 33.4 Å². The molecule has 1 aromatic heterocycles. The van der Waals surface area contributed by atoms with Crippen LogP contribution in [0.4, 0.5) is 5.69 Å². The van der Waals surface area contributed by atoms with E-state index >= 15 is 0 Å². The maximum atomic E-state index is 11.2. The average Bonchev–Trinajstić information content (AvgIpc) is 2.86. The molecular weight excluding hydrogens is 332 g/mol. The van der Waals surface area contributed by atoms with Gasteiger partial charge in [0.15, 0.2) is 17.2 Å². The third-order valence-corrected chi connectivity index (χ3v) is 4.19. The van der Waals surface area contributed by atoms with Gasteiger partial charge in [-0.25, -0.2) is 0 Å². The molecule has 3 rings (SSSR count). The van der Waals surface area contributed by atoms with Crippen LogP contribution in [-0.2, 0) is 6.54 Å². The Labute approximate surface area is 151 Å². The van der Waals surface area contributed by atoms with Crippen molar-refractivity contribution in [1.29, 1.82) is 0 Å². The van der Waals surface area contributed by atoms with Crippen LogP contribution in [-0.4, -0.2) is 22.9 Å². The van der Waals surface area contributed by atoms with Gasteiger partial charge in [0, 0.05) is 5.39 Å². The quantitative estimate of drug-likeness (QED) is 0.639. The van der Waals surface area contributed by atoms with Gasteiger partial charge in [-0.1, -0.05) is 17.7 Å². The number of ether oxygens (including phenoxy) is 2. The Morgan fingerprint density at radius 1 is 1.15 bits per heavy atom. The first-order valence-electron chi connectivity index (χ1n) is 8.43. The molecule has 0 amide bonds. The van der Waals surface area contributed by atoms with E-state index in [1.807, 2.05) is 57.2 Å². The second-order valence-electron chi connectivity index (χ2n) is 6.52. The van der Waals surface area contributed by atoms with Crippen LogP contribution < -0.4 is 9.47 Å². The molecule has 0 radical (unpaired) electrons. The summed E-state index contributed by atoms with van der Waals surface area (Å²) in [5.41, 5.74) is 2.72. The van der Waals surface area contributed by atoms with Gasteiger partial charge in [-0.15, -0.1) is 4.91 Å². The molecule has 1 heterocycles. The Balaban J connectivity index is 2.04. The number of aromatic nitrogens is 1. The summed E-state index contributed by atoms with van der Waals surface area (Å²) in [4.78, 5) is 11.2. The summed E-state index contributed by atoms with van der Waals surface area (Å²) in [6.45, 7) is 6.21. The third-order valence-electron chi connectivity index (χ3n) is 4.19. The number of hydrogen-bond acceptors (Lipinski definition) is 5. The van der Waals surface area contributed by atoms with Gasteiger partial charge >= 0.3 is 0 Å². The molecule has 26 heavy (non-hydrogen) atoms. The fraction of sp³-hybridized carbons (Fsp3) is 0.300. The molecule has 6 nitrogen and oxygen atoms in total. The van der Waals surface area contributed by atoms with Gasteiger partial charge in [0.1, 0.15) is 0 Å². The van der Waals surface area contributed by atoms with E-state index in [0.29, 0.717) is 23.4 Å². The van der Waals surface area contributed by atoms with Gasteiger partial charge in [0.2, 0.25) is 5.88 Å². The SMILES string of the molecule is COc1cc(Cn2c(O)c(N=O)c3cc(C)ccc32)ccc1OC(C)C. The molecule has 136 valence electrons. The number of aryl methyl sites for hydroxylation is 1. The van der Waals surface area contributed by atoms with Crippen LogP contribution in [0.2, 0.25) is 0 Å². The highest BCUT2D eigenvalue weighted by Gasteiger charge is 2.18. The maximum absolute atomic E-state index is 11.2. The van der Waals surface area contributed by atoms with Gasteiger partial charge in [-0.2, -0.15) is 0 Å². The monoisotopic (exact) mass is 354 g/mol. The zero-order chi connectivity index (χ0) is 18.8. The van der Waals surface area contributed by atoms with E-state index in [1.165, 1.54) is 0 Å². The topological polar surface area (TPSA) is 73.0 Å². The highest BCUT2D eigenvalue weighted by atomic mass is 16.5. The lowest BCUT2D eigenvalue weighted by molar-refractivity contribution is 0.230. The van der Waals surface area contributed by atoms with Crippen LogP contribution in [0.3, 0.4) is 0 Å². The number of nitroso groups, excluding NO2 is 1. The molecular formula is C20H22N2O4. The minimum absolute atomic E-state index is 0.0386. The number of benzene rings is 2. The van der Waals surface area contributed by atoms with Gasteiger partial charge in [-0.3, -0.25) is 0 Å². The fourth-order valence-corrected chi connectivity index (χ4v) is 3.03. The predicted octanol–water partition coefficient (Wildman–Crippen LogP) is 4.90. The van der Waals surface area contributed by atoms with Gasteiger partial charge in [0.05, 0.1) is 25.3 Å². The van der Waals surface area contributed by atoms with Crippen LogP contribution in [0.1, 0.15) is 25.0 Å². The van der Waals surface area contributed by atoms with E-state index < -0.39 is 0 Å². The number of hydrogen-bond donors (Lipinski definition) is 1. The van der Waals surface area contributed by atoms with Crippen LogP contribution in [0.5, 0.6) is 17.4 Å². The van der Waals surface area contributed by atoms with Crippen LogP contribution >= 0.6 is 0 Å². The van der Waals surface area contributed by atoms with Crippen molar-refractivity contribution in [3.05, 3.63) is 52.4 Å². The van der Waals surface area contributed by atoms with Crippen LogP contribution in [0.25, 0.3) is 10.9 Å². The summed E-state index contributed by atoms with van der Waals surface area (Å²) in [6.07, 6.45) is 0.0386. The summed E-state index contributed by atoms with van der Waals surface area (Å²) < 4.78 is 12.8. The number of rotatable bonds is 6.